The van der Waals surface area contributed by atoms with Crippen molar-refractivity contribution in [1.29, 1.82) is 0 Å². The van der Waals surface area contributed by atoms with Gasteiger partial charge in [-0.3, -0.25) is 0 Å². The molecule has 0 aliphatic carbocycles. The molecule has 1 rings (SSSR count). The summed E-state index contributed by atoms with van der Waals surface area (Å²) < 4.78 is 26.3. The van der Waals surface area contributed by atoms with Gasteiger partial charge in [0.15, 0.2) is 0 Å². The Morgan fingerprint density at radius 3 is 2.00 bits per heavy atom. The van der Waals surface area contributed by atoms with Crippen LogP contribution < -0.4 is 0 Å². The Morgan fingerprint density at radius 2 is 1.61 bits per heavy atom. The van der Waals surface area contributed by atoms with Gasteiger partial charge in [0.1, 0.15) is 4.90 Å². The third-order valence-electron chi connectivity index (χ3n) is 3.01. The van der Waals surface area contributed by atoms with E-state index in [2.05, 4.69) is 0 Å². The molecular weight excluding hydrogens is 293 g/mol. The highest BCUT2D eigenvalue weighted by molar-refractivity contribution is 7.89. The second-order valence-corrected chi connectivity index (χ2v) is 6.79. The standard InChI is InChI=1S/C12H17Cl2NO2S/c1-4-9(5-2)15(3)18(16,17)12-10(13)7-6-8-11(12)14/h6-9H,4-5H2,1-3H3. The Kier molecular flexibility index (Phi) is 5.46. The van der Waals surface area contributed by atoms with E-state index < -0.39 is 10.0 Å². The summed E-state index contributed by atoms with van der Waals surface area (Å²) in [6.45, 7) is 3.91. The molecule has 0 amide bonds. The summed E-state index contributed by atoms with van der Waals surface area (Å²) in [4.78, 5) is -0.0114. The maximum absolute atomic E-state index is 12.5. The lowest BCUT2D eigenvalue weighted by molar-refractivity contribution is 0.350. The van der Waals surface area contributed by atoms with Crippen molar-refractivity contribution < 1.29 is 8.42 Å². The molecule has 0 N–H and O–H groups in total. The van der Waals surface area contributed by atoms with Crippen molar-refractivity contribution in [3.8, 4) is 0 Å². The van der Waals surface area contributed by atoms with Crippen molar-refractivity contribution >= 4 is 33.2 Å². The van der Waals surface area contributed by atoms with Gasteiger partial charge in [-0.2, -0.15) is 4.31 Å². The maximum Gasteiger partial charge on any atom is 0.246 e. The van der Waals surface area contributed by atoms with Gasteiger partial charge >= 0.3 is 0 Å². The number of hydrogen-bond acceptors (Lipinski definition) is 2. The second kappa shape index (κ2) is 6.24. The van der Waals surface area contributed by atoms with E-state index in [9.17, 15) is 8.42 Å². The predicted octanol–water partition coefficient (Wildman–Crippen LogP) is 3.80. The molecule has 18 heavy (non-hydrogen) atoms. The van der Waals surface area contributed by atoms with E-state index in [-0.39, 0.29) is 21.0 Å². The molecule has 0 bridgehead atoms. The van der Waals surface area contributed by atoms with Gasteiger partial charge < -0.3 is 0 Å². The highest BCUT2D eigenvalue weighted by Crippen LogP contribution is 2.32. The molecule has 0 saturated heterocycles. The Hall–Kier alpha value is -0.290. The lowest BCUT2D eigenvalue weighted by Crippen LogP contribution is -2.36. The van der Waals surface area contributed by atoms with Crippen LogP contribution in [0.5, 0.6) is 0 Å². The molecular formula is C12H17Cl2NO2S. The van der Waals surface area contributed by atoms with E-state index in [4.69, 9.17) is 23.2 Å². The lowest BCUT2D eigenvalue weighted by atomic mass is 10.2. The Balaban J connectivity index is 3.30. The average molecular weight is 310 g/mol. The Labute approximate surface area is 119 Å². The Morgan fingerprint density at radius 1 is 1.17 bits per heavy atom. The molecule has 0 heterocycles. The smallest absolute Gasteiger partial charge is 0.207 e. The van der Waals surface area contributed by atoms with Gasteiger partial charge in [0.25, 0.3) is 0 Å². The van der Waals surface area contributed by atoms with E-state index in [1.165, 1.54) is 16.4 Å². The summed E-state index contributed by atoms with van der Waals surface area (Å²) in [5.74, 6) is 0. The van der Waals surface area contributed by atoms with Crippen molar-refractivity contribution in [1.82, 2.24) is 4.31 Å². The average Bonchev–Trinajstić information content (AvgIpc) is 2.29. The summed E-state index contributed by atoms with van der Waals surface area (Å²) in [5, 5.41) is 0.306. The minimum atomic E-state index is -3.65. The Bertz CT molecular complexity index is 493. The molecule has 0 spiro atoms. The zero-order valence-corrected chi connectivity index (χ0v) is 13.0. The molecule has 1 aromatic carbocycles. The van der Waals surface area contributed by atoms with Crippen molar-refractivity contribution in [2.45, 2.75) is 37.6 Å². The van der Waals surface area contributed by atoms with Crippen molar-refractivity contribution in [2.75, 3.05) is 7.05 Å². The minimum absolute atomic E-state index is 0.0114. The fraction of sp³-hybridized carbons (Fsp3) is 0.500. The SMILES string of the molecule is CCC(CC)N(C)S(=O)(=O)c1c(Cl)cccc1Cl. The van der Waals surface area contributed by atoms with Crippen molar-refractivity contribution in [3.63, 3.8) is 0 Å². The maximum atomic E-state index is 12.5. The number of rotatable bonds is 5. The van der Waals surface area contributed by atoms with Crippen LogP contribution >= 0.6 is 23.2 Å². The van der Waals surface area contributed by atoms with Gasteiger partial charge in [0.05, 0.1) is 10.0 Å². The normalized spacial score (nSPS) is 12.4. The van der Waals surface area contributed by atoms with Crippen LogP contribution in [0.2, 0.25) is 10.0 Å². The molecule has 0 unspecified atom stereocenters. The first-order valence-electron chi connectivity index (χ1n) is 5.78. The number of halogens is 2. The zero-order valence-electron chi connectivity index (χ0n) is 10.7. The second-order valence-electron chi connectivity index (χ2n) is 4.04. The van der Waals surface area contributed by atoms with Crippen molar-refractivity contribution in [2.24, 2.45) is 0 Å². The van der Waals surface area contributed by atoms with E-state index in [1.54, 1.807) is 13.1 Å². The number of sulfonamides is 1. The summed E-state index contributed by atoms with van der Waals surface area (Å²) in [6.07, 6.45) is 1.49. The summed E-state index contributed by atoms with van der Waals surface area (Å²) >= 11 is 11.9. The van der Waals surface area contributed by atoms with Gasteiger partial charge in [-0.15, -0.1) is 0 Å². The highest BCUT2D eigenvalue weighted by atomic mass is 35.5. The van der Waals surface area contributed by atoms with Gasteiger partial charge in [-0.05, 0) is 25.0 Å². The van der Waals surface area contributed by atoms with Gasteiger partial charge in [-0.25, -0.2) is 8.42 Å². The third kappa shape index (κ3) is 2.99. The summed E-state index contributed by atoms with van der Waals surface area (Å²) in [7, 11) is -2.09. The quantitative estimate of drug-likeness (QED) is 0.829. The van der Waals surface area contributed by atoms with Crippen LogP contribution in [0, 0.1) is 0 Å². The monoisotopic (exact) mass is 309 g/mol. The lowest BCUT2D eigenvalue weighted by Gasteiger charge is -2.26. The molecule has 0 aliphatic rings. The predicted molar refractivity (Wildman–Crippen MR) is 75.8 cm³/mol. The first kappa shape index (κ1) is 15.8. The minimum Gasteiger partial charge on any atom is -0.207 e. The zero-order chi connectivity index (χ0) is 13.9. The highest BCUT2D eigenvalue weighted by Gasteiger charge is 2.29. The van der Waals surface area contributed by atoms with E-state index >= 15 is 0 Å². The van der Waals surface area contributed by atoms with Gasteiger partial charge in [-0.1, -0.05) is 43.1 Å². The molecule has 0 atom stereocenters. The van der Waals surface area contributed by atoms with Crippen LogP contribution in [0.1, 0.15) is 26.7 Å². The van der Waals surface area contributed by atoms with Crippen LogP contribution in [0.15, 0.2) is 23.1 Å². The summed E-state index contributed by atoms with van der Waals surface area (Å²) in [5.41, 5.74) is 0. The first-order chi connectivity index (χ1) is 8.36. The number of benzene rings is 1. The number of hydrogen-bond donors (Lipinski definition) is 0. The molecule has 1 aromatic rings. The molecule has 0 aliphatic heterocycles. The number of nitrogens with zero attached hydrogens (tertiary/aromatic N) is 1. The topological polar surface area (TPSA) is 37.4 Å². The van der Waals surface area contributed by atoms with Crippen LogP contribution in [0.4, 0.5) is 0 Å². The van der Waals surface area contributed by atoms with Crippen LogP contribution in [-0.2, 0) is 10.0 Å². The molecule has 0 aromatic heterocycles. The van der Waals surface area contributed by atoms with E-state index in [1.807, 2.05) is 13.8 Å². The molecule has 0 fully saturated rings. The molecule has 102 valence electrons. The molecule has 6 heteroatoms. The fourth-order valence-electron chi connectivity index (χ4n) is 1.87. The van der Waals surface area contributed by atoms with Crippen LogP contribution in [0.25, 0.3) is 0 Å². The molecule has 3 nitrogen and oxygen atoms in total. The summed E-state index contributed by atoms with van der Waals surface area (Å²) in [6, 6.07) is 4.63. The van der Waals surface area contributed by atoms with Crippen LogP contribution in [0.3, 0.4) is 0 Å². The van der Waals surface area contributed by atoms with E-state index in [0.717, 1.165) is 12.8 Å². The molecule has 0 radical (unpaired) electrons. The van der Waals surface area contributed by atoms with Crippen LogP contribution in [-0.4, -0.2) is 25.8 Å². The van der Waals surface area contributed by atoms with E-state index in [0.29, 0.717) is 0 Å². The van der Waals surface area contributed by atoms with Crippen molar-refractivity contribution in [3.05, 3.63) is 28.2 Å². The van der Waals surface area contributed by atoms with Gasteiger partial charge in [0, 0.05) is 13.1 Å². The third-order valence-corrected chi connectivity index (χ3v) is 5.88. The largest absolute Gasteiger partial charge is 0.246 e. The molecule has 0 saturated carbocycles. The van der Waals surface area contributed by atoms with Gasteiger partial charge in [0.2, 0.25) is 10.0 Å². The first-order valence-corrected chi connectivity index (χ1v) is 7.97. The fourth-order valence-corrected chi connectivity index (χ4v) is 4.46.